The van der Waals surface area contributed by atoms with E-state index in [1.807, 2.05) is 31.1 Å². The van der Waals surface area contributed by atoms with Crippen LogP contribution in [-0.4, -0.2) is 41.5 Å². The van der Waals surface area contributed by atoms with E-state index in [-0.39, 0.29) is 6.03 Å². The highest BCUT2D eigenvalue weighted by Crippen LogP contribution is 2.19. The Hall–Kier alpha value is -2.63. The molecule has 0 unspecified atom stereocenters. The van der Waals surface area contributed by atoms with Crippen molar-refractivity contribution in [2.45, 2.75) is 13.0 Å². The first-order valence-electron chi connectivity index (χ1n) is 7.26. The summed E-state index contributed by atoms with van der Waals surface area (Å²) in [4.78, 5) is 24.4. The molecule has 6 nitrogen and oxygen atoms in total. The van der Waals surface area contributed by atoms with Crippen molar-refractivity contribution in [2.75, 3.05) is 30.9 Å². The lowest BCUT2D eigenvalue weighted by Gasteiger charge is -2.28. The van der Waals surface area contributed by atoms with Gasteiger partial charge in [0.1, 0.15) is 5.82 Å². The molecule has 0 atom stereocenters. The number of carbonyl (C=O) groups excluding carboxylic acids is 1. The number of carbonyl (C=O) groups is 1. The molecule has 1 aliphatic rings. The van der Waals surface area contributed by atoms with Crippen LogP contribution in [0.3, 0.4) is 0 Å². The number of fused-ring (bicyclic) bond motifs is 1. The Morgan fingerprint density at radius 2 is 2.00 bits per heavy atom. The maximum atomic E-state index is 12.4. The normalized spacial score (nSPS) is 13.5. The molecule has 1 aromatic carbocycles. The lowest BCUT2D eigenvalue weighted by molar-refractivity contribution is 0.206. The zero-order valence-corrected chi connectivity index (χ0v) is 12.8. The first-order valence-corrected chi connectivity index (χ1v) is 7.26. The Labute approximate surface area is 129 Å². The third-order valence-electron chi connectivity index (χ3n) is 3.74. The second-order valence-corrected chi connectivity index (χ2v) is 5.50. The first-order chi connectivity index (χ1) is 10.6. The number of aromatic nitrogens is 2. The maximum Gasteiger partial charge on any atom is 0.324 e. The van der Waals surface area contributed by atoms with Crippen molar-refractivity contribution in [1.29, 1.82) is 0 Å². The molecule has 0 saturated carbocycles. The summed E-state index contributed by atoms with van der Waals surface area (Å²) in [5.74, 6) is 1.09. The van der Waals surface area contributed by atoms with Crippen LogP contribution in [0.4, 0.5) is 16.6 Å². The Balaban J connectivity index is 1.69. The van der Waals surface area contributed by atoms with Crippen molar-refractivity contribution in [2.24, 2.45) is 0 Å². The van der Waals surface area contributed by atoms with E-state index in [0.29, 0.717) is 19.0 Å². The van der Waals surface area contributed by atoms with E-state index in [1.165, 1.54) is 11.1 Å². The summed E-state index contributed by atoms with van der Waals surface area (Å²) in [6, 6.07) is 9.86. The molecule has 0 fully saturated rings. The summed E-state index contributed by atoms with van der Waals surface area (Å²) in [6.07, 6.45) is 2.52. The molecule has 114 valence electrons. The van der Waals surface area contributed by atoms with E-state index < -0.39 is 0 Å². The molecular formula is C16H19N5O. The van der Waals surface area contributed by atoms with E-state index in [4.69, 9.17) is 0 Å². The van der Waals surface area contributed by atoms with Gasteiger partial charge in [0.15, 0.2) is 0 Å². The van der Waals surface area contributed by atoms with Gasteiger partial charge in [0.05, 0.1) is 0 Å². The Kier molecular flexibility index (Phi) is 3.91. The van der Waals surface area contributed by atoms with E-state index >= 15 is 0 Å². The molecule has 0 spiro atoms. The van der Waals surface area contributed by atoms with Crippen LogP contribution in [0.1, 0.15) is 11.1 Å². The molecule has 1 aliphatic heterocycles. The lowest BCUT2D eigenvalue weighted by Crippen LogP contribution is -2.39. The number of amides is 2. The quantitative estimate of drug-likeness (QED) is 0.922. The smallest absolute Gasteiger partial charge is 0.324 e. The van der Waals surface area contributed by atoms with Crippen molar-refractivity contribution in [1.82, 2.24) is 14.9 Å². The minimum atomic E-state index is -0.162. The summed E-state index contributed by atoms with van der Waals surface area (Å²) < 4.78 is 0. The van der Waals surface area contributed by atoms with Crippen LogP contribution in [0.15, 0.2) is 36.5 Å². The van der Waals surface area contributed by atoms with Gasteiger partial charge in [-0.1, -0.05) is 24.3 Å². The molecule has 2 aromatic rings. The van der Waals surface area contributed by atoms with Crippen LogP contribution in [0.5, 0.6) is 0 Å². The molecule has 0 radical (unpaired) electrons. The largest absolute Gasteiger partial charge is 0.363 e. The molecule has 3 rings (SSSR count). The van der Waals surface area contributed by atoms with Gasteiger partial charge in [-0.2, -0.15) is 4.98 Å². The average molecular weight is 297 g/mol. The fraction of sp³-hybridized carbons (Fsp3) is 0.312. The zero-order valence-electron chi connectivity index (χ0n) is 12.8. The Morgan fingerprint density at radius 3 is 2.77 bits per heavy atom. The SMILES string of the molecule is CN(C)c1ccnc(NC(=O)N2CCc3ccccc3C2)n1. The molecule has 1 aromatic heterocycles. The van der Waals surface area contributed by atoms with Crippen molar-refractivity contribution in [3.05, 3.63) is 47.7 Å². The van der Waals surface area contributed by atoms with Crippen LogP contribution in [0.2, 0.25) is 0 Å². The van der Waals surface area contributed by atoms with Crippen LogP contribution in [-0.2, 0) is 13.0 Å². The van der Waals surface area contributed by atoms with Crippen molar-refractivity contribution in [3.8, 4) is 0 Å². The van der Waals surface area contributed by atoms with Gasteiger partial charge in [0, 0.05) is 33.4 Å². The second-order valence-electron chi connectivity index (χ2n) is 5.50. The van der Waals surface area contributed by atoms with Crippen LogP contribution < -0.4 is 10.2 Å². The van der Waals surface area contributed by atoms with Gasteiger partial charge in [-0.3, -0.25) is 5.32 Å². The molecular weight excluding hydrogens is 278 g/mol. The number of hydrogen-bond donors (Lipinski definition) is 1. The molecule has 2 heterocycles. The van der Waals surface area contributed by atoms with Crippen LogP contribution >= 0.6 is 0 Å². The molecule has 1 N–H and O–H groups in total. The van der Waals surface area contributed by atoms with E-state index in [2.05, 4.69) is 27.4 Å². The van der Waals surface area contributed by atoms with Gasteiger partial charge >= 0.3 is 6.03 Å². The standard InChI is InChI=1S/C16H19N5O/c1-20(2)14-7-9-17-15(18-14)19-16(22)21-10-8-12-5-3-4-6-13(12)11-21/h3-7,9H,8,10-11H2,1-2H3,(H,17,18,19,22). The van der Waals surface area contributed by atoms with Crippen molar-refractivity contribution < 1.29 is 4.79 Å². The van der Waals surface area contributed by atoms with Gasteiger partial charge in [-0.05, 0) is 23.6 Å². The third kappa shape index (κ3) is 3.00. The van der Waals surface area contributed by atoms with E-state index in [1.54, 1.807) is 17.2 Å². The summed E-state index contributed by atoms with van der Waals surface area (Å²) in [5, 5.41) is 2.78. The molecule has 0 saturated heterocycles. The number of rotatable bonds is 2. The van der Waals surface area contributed by atoms with E-state index in [0.717, 1.165) is 12.2 Å². The van der Waals surface area contributed by atoms with Gasteiger partial charge in [-0.15, -0.1) is 0 Å². The first kappa shape index (κ1) is 14.3. The maximum absolute atomic E-state index is 12.4. The number of urea groups is 1. The average Bonchev–Trinajstić information content (AvgIpc) is 2.54. The number of hydrogen-bond acceptors (Lipinski definition) is 4. The van der Waals surface area contributed by atoms with Crippen molar-refractivity contribution >= 4 is 17.8 Å². The minimum absolute atomic E-state index is 0.162. The third-order valence-corrected chi connectivity index (χ3v) is 3.74. The highest BCUT2D eigenvalue weighted by Gasteiger charge is 2.21. The summed E-state index contributed by atoms with van der Waals surface area (Å²) >= 11 is 0. The highest BCUT2D eigenvalue weighted by atomic mass is 16.2. The molecule has 22 heavy (non-hydrogen) atoms. The Bertz CT molecular complexity index is 686. The summed E-state index contributed by atoms with van der Waals surface area (Å²) in [6.45, 7) is 1.32. The van der Waals surface area contributed by atoms with Crippen molar-refractivity contribution in [3.63, 3.8) is 0 Å². The molecule has 0 bridgehead atoms. The number of nitrogens with one attached hydrogen (secondary N) is 1. The summed E-state index contributed by atoms with van der Waals surface area (Å²) in [5.41, 5.74) is 2.52. The predicted octanol–water partition coefficient (Wildman–Crippen LogP) is 2.13. The monoisotopic (exact) mass is 297 g/mol. The van der Waals surface area contributed by atoms with Gasteiger partial charge in [0.25, 0.3) is 0 Å². The predicted molar refractivity (Wildman–Crippen MR) is 85.9 cm³/mol. The van der Waals surface area contributed by atoms with Gasteiger partial charge in [-0.25, -0.2) is 9.78 Å². The molecule has 2 amide bonds. The lowest BCUT2D eigenvalue weighted by atomic mass is 10.0. The fourth-order valence-corrected chi connectivity index (χ4v) is 2.50. The number of benzene rings is 1. The van der Waals surface area contributed by atoms with E-state index in [9.17, 15) is 4.79 Å². The van der Waals surface area contributed by atoms with Gasteiger partial charge < -0.3 is 9.80 Å². The van der Waals surface area contributed by atoms with Crippen LogP contribution in [0, 0.1) is 0 Å². The Morgan fingerprint density at radius 1 is 1.23 bits per heavy atom. The number of anilines is 2. The van der Waals surface area contributed by atoms with Gasteiger partial charge in [0.2, 0.25) is 5.95 Å². The zero-order chi connectivity index (χ0) is 15.5. The fourth-order valence-electron chi connectivity index (χ4n) is 2.50. The highest BCUT2D eigenvalue weighted by molar-refractivity contribution is 5.87. The molecule has 0 aliphatic carbocycles. The van der Waals surface area contributed by atoms with Crippen LogP contribution in [0.25, 0.3) is 0 Å². The summed E-state index contributed by atoms with van der Waals surface area (Å²) in [7, 11) is 3.80. The number of nitrogens with zero attached hydrogens (tertiary/aromatic N) is 4. The topological polar surface area (TPSA) is 61.4 Å². The minimum Gasteiger partial charge on any atom is -0.363 e. The molecule has 6 heteroatoms. The second kappa shape index (κ2) is 6.01.